The molecule has 23 heavy (non-hydrogen) atoms. The van der Waals surface area contributed by atoms with E-state index in [9.17, 15) is 9.59 Å². The monoisotopic (exact) mass is 337 g/mol. The zero-order valence-corrected chi connectivity index (χ0v) is 14.7. The zero-order valence-electron chi connectivity index (χ0n) is 13.9. The minimum atomic E-state index is -0.144. The second-order valence-corrected chi connectivity index (χ2v) is 7.05. The molecule has 2 rings (SSSR count). The van der Waals surface area contributed by atoms with Crippen LogP contribution in [0.25, 0.3) is 0 Å². The van der Waals surface area contributed by atoms with Gasteiger partial charge in [0.15, 0.2) is 5.13 Å². The Morgan fingerprint density at radius 1 is 1.30 bits per heavy atom. The van der Waals surface area contributed by atoms with E-state index in [1.165, 1.54) is 17.8 Å². The van der Waals surface area contributed by atoms with E-state index >= 15 is 0 Å². The van der Waals surface area contributed by atoms with Crippen molar-refractivity contribution >= 4 is 28.3 Å². The van der Waals surface area contributed by atoms with Crippen molar-refractivity contribution in [1.29, 1.82) is 0 Å². The minimum Gasteiger partial charge on any atom is -0.330 e. The molecule has 0 spiro atoms. The summed E-state index contributed by atoms with van der Waals surface area (Å²) >= 11 is 1.39. The molecule has 0 radical (unpaired) electrons. The summed E-state index contributed by atoms with van der Waals surface area (Å²) in [6, 6.07) is 0.222. The van der Waals surface area contributed by atoms with Crippen molar-refractivity contribution in [3.05, 3.63) is 11.6 Å². The van der Waals surface area contributed by atoms with E-state index in [0.29, 0.717) is 11.6 Å². The standard InChI is InChI=1S/C17H27N3O2S/c1-2-3-5-10-16(22)20(14-8-6-4-7-9-14)13-15(21)19-17-18-11-12-23-17/h11-12,14H,2-10,13H2,1H3,(H,18,19,21). The number of thiazole rings is 1. The van der Waals surface area contributed by atoms with E-state index in [2.05, 4.69) is 17.2 Å². The lowest BCUT2D eigenvalue weighted by atomic mass is 9.93. The number of nitrogens with one attached hydrogen (secondary N) is 1. The Kier molecular flexibility index (Phi) is 7.52. The molecule has 0 aliphatic heterocycles. The molecular formula is C17H27N3O2S. The van der Waals surface area contributed by atoms with Crippen LogP contribution in [-0.4, -0.2) is 34.3 Å². The number of aromatic nitrogens is 1. The van der Waals surface area contributed by atoms with Gasteiger partial charge in [-0.05, 0) is 19.3 Å². The number of amides is 2. The fourth-order valence-corrected chi connectivity index (χ4v) is 3.63. The quantitative estimate of drug-likeness (QED) is 0.733. The van der Waals surface area contributed by atoms with Gasteiger partial charge in [-0.25, -0.2) is 4.98 Å². The largest absolute Gasteiger partial charge is 0.330 e. The molecule has 5 nitrogen and oxygen atoms in total. The lowest BCUT2D eigenvalue weighted by molar-refractivity contribution is -0.137. The third-order valence-electron chi connectivity index (χ3n) is 4.32. The summed E-state index contributed by atoms with van der Waals surface area (Å²) in [5.74, 6) is -0.0194. The van der Waals surface area contributed by atoms with E-state index in [0.717, 1.165) is 44.9 Å². The van der Waals surface area contributed by atoms with Crippen molar-refractivity contribution in [2.24, 2.45) is 0 Å². The van der Waals surface area contributed by atoms with Gasteiger partial charge in [-0.3, -0.25) is 9.59 Å². The fourth-order valence-electron chi connectivity index (χ4n) is 3.08. The highest BCUT2D eigenvalue weighted by atomic mass is 32.1. The summed E-state index contributed by atoms with van der Waals surface area (Å²) < 4.78 is 0. The molecule has 1 aromatic rings. The van der Waals surface area contributed by atoms with Crippen LogP contribution in [-0.2, 0) is 9.59 Å². The van der Waals surface area contributed by atoms with Crippen LogP contribution in [0.4, 0.5) is 5.13 Å². The Bertz CT molecular complexity index is 484. The maximum absolute atomic E-state index is 12.6. The molecule has 2 amide bonds. The van der Waals surface area contributed by atoms with Crippen LogP contribution in [0.5, 0.6) is 0 Å². The molecule has 0 bridgehead atoms. The molecule has 1 aromatic heterocycles. The molecule has 0 aromatic carbocycles. The fraction of sp³-hybridized carbons (Fsp3) is 0.706. The van der Waals surface area contributed by atoms with Crippen molar-refractivity contribution in [3.8, 4) is 0 Å². The first kappa shape index (κ1) is 17.9. The topological polar surface area (TPSA) is 62.3 Å². The van der Waals surface area contributed by atoms with Gasteiger partial charge in [0.05, 0.1) is 0 Å². The van der Waals surface area contributed by atoms with Gasteiger partial charge in [0, 0.05) is 24.0 Å². The van der Waals surface area contributed by atoms with Crippen LogP contribution in [0.2, 0.25) is 0 Å². The van der Waals surface area contributed by atoms with E-state index in [1.54, 1.807) is 6.20 Å². The predicted octanol–water partition coefficient (Wildman–Crippen LogP) is 3.82. The number of hydrogen-bond acceptors (Lipinski definition) is 4. The molecule has 6 heteroatoms. The summed E-state index contributed by atoms with van der Waals surface area (Å²) in [7, 11) is 0. The third kappa shape index (κ3) is 5.94. The average Bonchev–Trinajstić information content (AvgIpc) is 3.06. The third-order valence-corrected chi connectivity index (χ3v) is 5.01. The van der Waals surface area contributed by atoms with Gasteiger partial charge >= 0.3 is 0 Å². The van der Waals surface area contributed by atoms with Crippen molar-refractivity contribution in [1.82, 2.24) is 9.88 Å². The molecule has 1 heterocycles. The van der Waals surface area contributed by atoms with E-state index in [1.807, 2.05) is 10.3 Å². The van der Waals surface area contributed by atoms with Crippen LogP contribution in [0.1, 0.15) is 64.7 Å². The number of anilines is 1. The SMILES string of the molecule is CCCCCC(=O)N(CC(=O)Nc1nccs1)C1CCCCC1. The Labute approximate surface area is 142 Å². The second-order valence-electron chi connectivity index (χ2n) is 6.16. The second kappa shape index (κ2) is 9.65. The van der Waals surface area contributed by atoms with Gasteiger partial charge in [0.1, 0.15) is 6.54 Å². The maximum Gasteiger partial charge on any atom is 0.245 e. The highest BCUT2D eigenvalue weighted by Crippen LogP contribution is 2.23. The Hall–Kier alpha value is -1.43. The van der Waals surface area contributed by atoms with Crippen LogP contribution in [0, 0.1) is 0 Å². The molecule has 0 unspecified atom stereocenters. The molecular weight excluding hydrogens is 310 g/mol. The Balaban J connectivity index is 1.94. The summed E-state index contributed by atoms with van der Waals surface area (Å²) in [4.78, 5) is 30.7. The lowest BCUT2D eigenvalue weighted by Gasteiger charge is -2.34. The van der Waals surface area contributed by atoms with Gasteiger partial charge in [-0.15, -0.1) is 11.3 Å². The molecule has 0 saturated heterocycles. The smallest absolute Gasteiger partial charge is 0.245 e. The highest BCUT2D eigenvalue weighted by Gasteiger charge is 2.27. The normalized spacial score (nSPS) is 15.3. The number of carbonyl (C=O) groups is 2. The molecule has 1 saturated carbocycles. The lowest BCUT2D eigenvalue weighted by Crippen LogP contribution is -2.45. The Morgan fingerprint density at radius 3 is 2.74 bits per heavy atom. The number of rotatable bonds is 8. The molecule has 1 fully saturated rings. The average molecular weight is 337 g/mol. The number of unbranched alkanes of at least 4 members (excludes halogenated alkanes) is 2. The van der Waals surface area contributed by atoms with Crippen molar-refractivity contribution < 1.29 is 9.59 Å². The number of carbonyl (C=O) groups excluding carboxylic acids is 2. The minimum absolute atomic E-state index is 0.125. The van der Waals surface area contributed by atoms with Crippen molar-refractivity contribution in [2.45, 2.75) is 70.8 Å². The first-order valence-corrected chi connectivity index (χ1v) is 9.57. The number of hydrogen-bond donors (Lipinski definition) is 1. The van der Waals surface area contributed by atoms with E-state index in [4.69, 9.17) is 0 Å². The molecule has 1 aliphatic carbocycles. The summed E-state index contributed by atoms with van der Waals surface area (Å²) in [5, 5.41) is 5.21. The van der Waals surface area contributed by atoms with Crippen molar-refractivity contribution in [3.63, 3.8) is 0 Å². The molecule has 128 valence electrons. The van der Waals surface area contributed by atoms with Crippen LogP contribution >= 0.6 is 11.3 Å². The number of nitrogens with zero attached hydrogens (tertiary/aromatic N) is 2. The highest BCUT2D eigenvalue weighted by molar-refractivity contribution is 7.13. The predicted molar refractivity (Wildman–Crippen MR) is 93.5 cm³/mol. The molecule has 1 aliphatic rings. The summed E-state index contributed by atoms with van der Waals surface area (Å²) in [6.07, 6.45) is 10.9. The first-order valence-electron chi connectivity index (χ1n) is 8.69. The van der Waals surface area contributed by atoms with E-state index < -0.39 is 0 Å². The molecule has 1 N–H and O–H groups in total. The van der Waals surface area contributed by atoms with Gasteiger partial charge < -0.3 is 10.2 Å². The maximum atomic E-state index is 12.6. The van der Waals surface area contributed by atoms with Gasteiger partial charge in [0.25, 0.3) is 0 Å². The zero-order chi connectivity index (χ0) is 16.5. The Morgan fingerprint density at radius 2 is 2.09 bits per heavy atom. The van der Waals surface area contributed by atoms with Crippen LogP contribution in [0.3, 0.4) is 0 Å². The van der Waals surface area contributed by atoms with Gasteiger partial charge in [-0.2, -0.15) is 0 Å². The summed E-state index contributed by atoms with van der Waals surface area (Å²) in [5.41, 5.74) is 0. The summed E-state index contributed by atoms with van der Waals surface area (Å²) in [6.45, 7) is 2.28. The van der Waals surface area contributed by atoms with Crippen LogP contribution < -0.4 is 5.32 Å². The molecule has 0 atom stereocenters. The van der Waals surface area contributed by atoms with Crippen molar-refractivity contribution in [2.75, 3.05) is 11.9 Å². The van der Waals surface area contributed by atoms with Gasteiger partial charge in [-0.1, -0.05) is 39.0 Å². The van der Waals surface area contributed by atoms with Gasteiger partial charge in [0.2, 0.25) is 11.8 Å². The van der Waals surface area contributed by atoms with Crippen LogP contribution in [0.15, 0.2) is 11.6 Å². The first-order chi connectivity index (χ1) is 11.2. The van der Waals surface area contributed by atoms with E-state index in [-0.39, 0.29) is 24.4 Å².